The van der Waals surface area contributed by atoms with Crippen molar-refractivity contribution in [1.29, 1.82) is 0 Å². The van der Waals surface area contributed by atoms with Crippen LogP contribution < -0.4 is 0 Å². The molecule has 0 amide bonds. The molecule has 13 heavy (non-hydrogen) atoms. The molecule has 0 bridgehead atoms. The van der Waals surface area contributed by atoms with Crippen LogP contribution in [0, 0.1) is 0 Å². The summed E-state index contributed by atoms with van der Waals surface area (Å²) in [7, 11) is -4.23. The number of hydrogen-bond donors (Lipinski definition) is 0. The maximum Gasteiger partial charge on any atom is 0.343 e. The molecule has 0 saturated heterocycles. The van der Waals surface area contributed by atoms with E-state index in [9.17, 15) is 17.2 Å². The molecule has 1 fully saturated rings. The zero-order valence-electron chi connectivity index (χ0n) is 7.59. The number of rotatable bonds is 2. The van der Waals surface area contributed by atoms with Crippen LogP contribution in [0.1, 0.15) is 39.0 Å². The Bertz CT molecular complexity index is 260. The van der Waals surface area contributed by atoms with Crippen molar-refractivity contribution in [1.82, 2.24) is 0 Å². The fourth-order valence-electron chi connectivity index (χ4n) is 1.67. The molecule has 1 aliphatic carbocycles. The summed E-state index contributed by atoms with van der Waals surface area (Å²) in [5, 5.41) is -4.39. The van der Waals surface area contributed by atoms with Gasteiger partial charge in [0.25, 0.3) is 0 Å². The SMILES string of the molecule is CC(F)(F)S(=O)(=O)C1CCCCC1. The van der Waals surface area contributed by atoms with E-state index in [4.69, 9.17) is 0 Å². The average Bonchev–Trinajstić information content (AvgIpc) is 2.04. The van der Waals surface area contributed by atoms with Crippen LogP contribution in [-0.2, 0) is 9.84 Å². The van der Waals surface area contributed by atoms with E-state index in [1.807, 2.05) is 0 Å². The van der Waals surface area contributed by atoms with E-state index in [0.29, 0.717) is 19.8 Å². The van der Waals surface area contributed by atoms with Crippen molar-refractivity contribution in [2.45, 2.75) is 49.5 Å². The van der Waals surface area contributed by atoms with Crippen LogP contribution in [0.25, 0.3) is 0 Å². The normalized spacial score (nSPS) is 21.8. The maximum atomic E-state index is 12.7. The molecule has 0 atom stereocenters. The first-order valence-corrected chi connectivity index (χ1v) is 6.01. The summed E-state index contributed by atoms with van der Waals surface area (Å²) < 4.78 is 47.9. The standard InChI is InChI=1S/C8H14F2O2S/c1-8(9,10)13(11,12)7-5-3-2-4-6-7/h7H,2-6H2,1H3. The Kier molecular flexibility index (Phi) is 2.95. The van der Waals surface area contributed by atoms with Gasteiger partial charge in [0.05, 0.1) is 5.25 Å². The van der Waals surface area contributed by atoms with E-state index in [1.54, 1.807) is 0 Å². The Hall–Kier alpha value is -0.190. The quantitative estimate of drug-likeness (QED) is 0.704. The van der Waals surface area contributed by atoms with E-state index in [0.717, 1.165) is 19.3 Å². The fraction of sp³-hybridized carbons (Fsp3) is 1.00. The second kappa shape index (κ2) is 3.52. The maximum absolute atomic E-state index is 12.7. The molecule has 5 heteroatoms. The molecule has 0 spiro atoms. The van der Waals surface area contributed by atoms with Crippen LogP contribution >= 0.6 is 0 Å². The lowest BCUT2D eigenvalue weighted by atomic mass is 10.0. The van der Waals surface area contributed by atoms with Gasteiger partial charge in [-0.05, 0) is 12.8 Å². The third-order valence-corrected chi connectivity index (χ3v) is 4.84. The number of sulfone groups is 1. The highest BCUT2D eigenvalue weighted by atomic mass is 32.2. The van der Waals surface area contributed by atoms with Crippen molar-refractivity contribution in [3.8, 4) is 0 Å². The highest BCUT2D eigenvalue weighted by Crippen LogP contribution is 2.32. The van der Waals surface area contributed by atoms with E-state index in [1.165, 1.54) is 0 Å². The van der Waals surface area contributed by atoms with E-state index < -0.39 is 20.3 Å². The summed E-state index contributed by atoms with van der Waals surface area (Å²) in [6.07, 6.45) is 3.25. The highest BCUT2D eigenvalue weighted by Gasteiger charge is 2.45. The molecule has 1 rings (SSSR count). The molecule has 1 saturated carbocycles. The highest BCUT2D eigenvalue weighted by molar-refractivity contribution is 7.93. The number of halogens is 2. The lowest BCUT2D eigenvalue weighted by Gasteiger charge is -2.24. The predicted octanol–water partition coefficient (Wildman–Crippen LogP) is 2.35. The van der Waals surface area contributed by atoms with E-state index in [-0.39, 0.29) is 0 Å². The second-order valence-corrected chi connectivity index (χ2v) is 6.09. The molecule has 1 aliphatic rings. The summed E-state index contributed by atoms with van der Waals surface area (Å²) in [4.78, 5) is 0. The molecule has 0 aromatic heterocycles. The summed E-state index contributed by atoms with van der Waals surface area (Å²) in [5.74, 6) is 0. The van der Waals surface area contributed by atoms with Crippen LogP contribution in [0.15, 0.2) is 0 Å². The van der Waals surface area contributed by atoms with Gasteiger partial charge in [-0.15, -0.1) is 0 Å². The first-order valence-electron chi connectivity index (χ1n) is 4.47. The van der Waals surface area contributed by atoms with Gasteiger partial charge >= 0.3 is 5.25 Å². The largest absolute Gasteiger partial charge is 0.343 e. The summed E-state index contributed by atoms with van der Waals surface area (Å²) in [5.41, 5.74) is 0. The zero-order valence-corrected chi connectivity index (χ0v) is 8.41. The van der Waals surface area contributed by atoms with Gasteiger partial charge in [0.1, 0.15) is 0 Å². The molecule has 0 unspecified atom stereocenters. The van der Waals surface area contributed by atoms with Gasteiger partial charge in [0.15, 0.2) is 0 Å². The van der Waals surface area contributed by atoms with Crippen LogP contribution in [0.4, 0.5) is 8.78 Å². The van der Waals surface area contributed by atoms with Crippen molar-refractivity contribution in [2.75, 3.05) is 0 Å². The molecular formula is C8H14F2O2S. The minimum absolute atomic E-state index is 0.395. The Morgan fingerprint density at radius 2 is 1.62 bits per heavy atom. The third kappa shape index (κ3) is 2.18. The Balaban J connectivity index is 2.80. The van der Waals surface area contributed by atoms with Gasteiger partial charge in [-0.2, -0.15) is 8.78 Å². The second-order valence-electron chi connectivity index (χ2n) is 3.61. The lowest BCUT2D eigenvalue weighted by Crippen LogP contribution is -2.36. The molecule has 0 N–H and O–H groups in total. The number of hydrogen-bond acceptors (Lipinski definition) is 2. The minimum atomic E-state index is -4.23. The monoisotopic (exact) mass is 212 g/mol. The topological polar surface area (TPSA) is 34.1 Å². The van der Waals surface area contributed by atoms with Crippen molar-refractivity contribution in [3.63, 3.8) is 0 Å². The average molecular weight is 212 g/mol. The van der Waals surface area contributed by atoms with E-state index >= 15 is 0 Å². The third-order valence-electron chi connectivity index (χ3n) is 2.49. The van der Waals surface area contributed by atoms with Gasteiger partial charge in [-0.25, -0.2) is 8.42 Å². The summed E-state index contributed by atoms with van der Waals surface area (Å²) >= 11 is 0. The van der Waals surface area contributed by atoms with Gasteiger partial charge in [0, 0.05) is 6.92 Å². The molecule has 0 radical (unpaired) electrons. The smallest absolute Gasteiger partial charge is 0.222 e. The Morgan fingerprint density at radius 1 is 1.15 bits per heavy atom. The number of alkyl halides is 2. The van der Waals surface area contributed by atoms with Gasteiger partial charge in [0.2, 0.25) is 9.84 Å². The van der Waals surface area contributed by atoms with Crippen LogP contribution in [0.3, 0.4) is 0 Å². The van der Waals surface area contributed by atoms with Gasteiger partial charge < -0.3 is 0 Å². The predicted molar refractivity (Wildman–Crippen MR) is 46.4 cm³/mol. The van der Waals surface area contributed by atoms with Crippen molar-refractivity contribution in [2.24, 2.45) is 0 Å². The Labute approximate surface area is 77.2 Å². The molecule has 78 valence electrons. The molecule has 0 aromatic carbocycles. The van der Waals surface area contributed by atoms with Gasteiger partial charge in [-0.1, -0.05) is 19.3 Å². The Morgan fingerprint density at radius 3 is 2.00 bits per heavy atom. The van der Waals surface area contributed by atoms with Crippen LogP contribution in [0.2, 0.25) is 0 Å². The van der Waals surface area contributed by atoms with E-state index in [2.05, 4.69) is 0 Å². The van der Waals surface area contributed by atoms with Crippen molar-refractivity contribution < 1.29 is 17.2 Å². The van der Waals surface area contributed by atoms with Crippen LogP contribution in [0.5, 0.6) is 0 Å². The molecule has 0 heterocycles. The molecule has 0 aliphatic heterocycles. The molecule has 2 nitrogen and oxygen atoms in total. The summed E-state index contributed by atoms with van der Waals surface area (Å²) in [6, 6.07) is 0. The molecular weight excluding hydrogens is 198 g/mol. The van der Waals surface area contributed by atoms with Crippen molar-refractivity contribution in [3.05, 3.63) is 0 Å². The minimum Gasteiger partial charge on any atom is -0.222 e. The van der Waals surface area contributed by atoms with Crippen molar-refractivity contribution >= 4 is 9.84 Å². The van der Waals surface area contributed by atoms with Crippen LogP contribution in [-0.4, -0.2) is 18.9 Å². The lowest BCUT2D eigenvalue weighted by molar-refractivity contribution is 0.112. The first-order chi connectivity index (χ1) is 5.86. The first kappa shape index (κ1) is 10.9. The zero-order chi connectivity index (χ0) is 10.1. The van der Waals surface area contributed by atoms with Gasteiger partial charge in [-0.3, -0.25) is 0 Å². The fourth-order valence-corrected chi connectivity index (χ4v) is 3.21. The molecule has 0 aromatic rings. The summed E-state index contributed by atoms with van der Waals surface area (Å²) in [6.45, 7) is 0.469.